The van der Waals surface area contributed by atoms with Gasteiger partial charge in [-0.05, 0) is 37.1 Å². The first kappa shape index (κ1) is 17.4. The SMILES string of the molecule is O=C(Nc1ccccc1)N1CCC(n2ccnc2-c2ccc(CO)o2)CC1. The second kappa shape index (κ2) is 7.67. The number of anilines is 1. The Bertz CT molecular complexity index is 895. The lowest BCUT2D eigenvalue weighted by Crippen LogP contribution is -2.41. The third kappa shape index (κ3) is 3.73. The van der Waals surface area contributed by atoms with Crippen molar-refractivity contribution in [1.82, 2.24) is 14.5 Å². The number of imidazole rings is 1. The highest BCUT2D eigenvalue weighted by molar-refractivity contribution is 5.89. The second-order valence-corrected chi connectivity index (χ2v) is 6.60. The van der Waals surface area contributed by atoms with Crippen molar-refractivity contribution in [3.05, 3.63) is 60.6 Å². The molecule has 7 nitrogen and oxygen atoms in total. The third-order valence-corrected chi connectivity index (χ3v) is 4.88. The fraction of sp³-hybridized carbons (Fsp3) is 0.300. The van der Waals surface area contributed by atoms with Gasteiger partial charge in [0.2, 0.25) is 0 Å². The van der Waals surface area contributed by atoms with Gasteiger partial charge in [-0.25, -0.2) is 9.78 Å². The maximum Gasteiger partial charge on any atom is 0.321 e. The van der Waals surface area contributed by atoms with Crippen LogP contribution in [0.3, 0.4) is 0 Å². The Morgan fingerprint density at radius 1 is 1.19 bits per heavy atom. The maximum atomic E-state index is 12.4. The zero-order chi connectivity index (χ0) is 18.6. The van der Waals surface area contributed by atoms with Gasteiger partial charge in [0.05, 0.1) is 0 Å². The van der Waals surface area contributed by atoms with E-state index < -0.39 is 0 Å². The highest BCUT2D eigenvalue weighted by Crippen LogP contribution is 2.29. The van der Waals surface area contributed by atoms with E-state index in [4.69, 9.17) is 4.42 Å². The molecule has 2 aromatic heterocycles. The van der Waals surface area contributed by atoms with E-state index in [9.17, 15) is 9.90 Å². The molecule has 0 bridgehead atoms. The van der Waals surface area contributed by atoms with Gasteiger partial charge < -0.3 is 24.3 Å². The Morgan fingerprint density at radius 2 is 1.96 bits per heavy atom. The Balaban J connectivity index is 1.40. The number of likely N-dealkylation sites (tertiary alicyclic amines) is 1. The zero-order valence-corrected chi connectivity index (χ0v) is 14.9. The normalized spacial score (nSPS) is 15.1. The number of nitrogens with zero attached hydrogens (tertiary/aromatic N) is 3. The molecule has 1 aromatic carbocycles. The number of aliphatic hydroxyl groups is 1. The number of aliphatic hydroxyl groups excluding tert-OH is 1. The van der Waals surface area contributed by atoms with E-state index in [1.165, 1.54) is 0 Å². The largest absolute Gasteiger partial charge is 0.455 e. The topological polar surface area (TPSA) is 83.5 Å². The van der Waals surface area contributed by atoms with Gasteiger partial charge in [0.25, 0.3) is 0 Å². The molecule has 0 spiro atoms. The minimum Gasteiger partial charge on any atom is -0.455 e. The minimum absolute atomic E-state index is 0.0656. The summed E-state index contributed by atoms with van der Waals surface area (Å²) in [6.07, 6.45) is 5.39. The van der Waals surface area contributed by atoms with Crippen LogP contribution in [0.4, 0.5) is 10.5 Å². The Kier molecular flexibility index (Phi) is 4.93. The molecule has 0 unspecified atom stereocenters. The number of carbonyl (C=O) groups excluding carboxylic acids is 1. The van der Waals surface area contributed by atoms with Crippen LogP contribution in [0, 0.1) is 0 Å². The van der Waals surface area contributed by atoms with E-state index in [0.29, 0.717) is 24.6 Å². The van der Waals surface area contributed by atoms with Crippen molar-refractivity contribution in [3.63, 3.8) is 0 Å². The zero-order valence-electron chi connectivity index (χ0n) is 14.9. The maximum absolute atomic E-state index is 12.4. The van der Waals surface area contributed by atoms with Gasteiger partial charge in [-0.2, -0.15) is 0 Å². The summed E-state index contributed by atoms with van der Waals surface area (Å²) in [6, 6.07) is 13.3. The van der Waals surface area contributed by atoms with Gasteiger partial charge in [0, 0.05) is 37.2 Å². The molecule has 3 heterocycles. The summed E-state index contributed by atoms with van der Waals surface area (Å²) in [5.41, 5.74) is 0.805. The number of furan rings is 1. The standard InChI is InChI=1S/C20H22N4O3/c25-14-17-6-7-18(27-17)19-21-10-13-24(19)16-8-11-23(12-9-16)20(26)22-15-4-2-1-3-5-15/h1-7,10,13,16,25H,8-9,11-12,14H2,(H,22,26). The van der Waals surface area contributed by atoms with Gasteiger partial charge in [-0.15, -0.1) is 0 Å². The van der Waals surface area contributed by atoms with Crippen molar-refractivity contribution in [3.8, 4) is 11.6 Å². The van der Waals surface area contributed by atoms with Gasteiger partial charge in [0.15, 0.2) is 11.6 Å². The van der Waals surface area contributed by atoms with Crippen LogP contribution in [0.1, 0.15) is 24.6 Å². The summed E-state index contributed by atoms with van der Waals surface area (Å²) in [5, 5.41) is 12.1. The van der Waals surface area contributed by atoms with Crippen LogP contribution in [-0.2, 0) is 6.61 Å². The number of nitrogens with one attached hydrogen (secondary N) is 1. The van der Waals surface area contributed by atoms with E-state index in [0.717, 1.165) is 24.4 Å². The van der Waals surface area contributed by atoms with Crippen LogP contribution in [0.2, 0.25) is 0 Å². The molecule has 1 fully saturated rings. The fourth-order valence-electron chi connectivity index (χ4n) is 3.45. The molecule has 0 aliphatic carbocycles. The Morgan fingerprint density at radius 3 is 2.67 bits per heavy atom. The molecular formula is C20H22N4O3. The number of carbonyl (C=O) groups is 1. The van der Waals surface area contributed by atoms with E-state index in [-0.39, 0.29) is 18.7 Å². The van der Waals surface area contributed by atoms with Crippen LogP contribution in [-0.4, -0.2) is 38.7 Å². The summed E-state index contributed by atoms with van der Waals surface area (Å²) in [5.74, 6) is 1.92. The van der Waals surface area contributed by atoms with E-state index >= 15 is 0 Å². The molecule has 27 heavy (non-hydrogen) atoms. The van der Waals surface area contributed by atoms with E-state index in [1.807, 2.05) is 47.5 Å². The number of amides is 2. The molecule has 7 heteroatoms. The van der Waals surface area contributed by atoms with Crippen LogP contribution in [0.15, 0.2) is 59.3 Å². The molecule has 1 aliphatic rings. The summed E-state index contributed by atoms with van der Waals surface area (Å²) in [6.45, 7) is 1.23. The molecule has 1 saturated heterocycles. The first-order valence-electron chi connectivity index (χ1n) is 9.08. The molecule has 4 rings (SSSR count). The predicted octanol–water partition coefficient (Wildman–Crippen LogP) is 3.50. The van der Waals surface area contributed by atoms with Crippen molar-refractivity contribution in [1.29, 1.82) is 0 Å². The third-order valence-electron chi connectivity index (χ3n) is 4.88. The first-order chi connectivity index (χ1) is 13.2. The van der Waals surface area contributed by atoms with Gasteiger partial charge >= 0.3 is 6.03 Å². The molecule has 0 atom stereocenters. The fourth-order valence-corrected chi connectivity index (χ4v) is 3.45. The molecule has 3 aromatic rings. The van der Waals surface area contributed by atoms with Crippen molar-refractivity contribution >= 4 is 11.7 Å². The van der Waals surface area contributed by atoms with Crippen molar-refractivity contribution in [2.24, 2.45) is 0 Å². The Hall–Kier alpha value is -3.06. The average Bonchev–Trinajstić information content (AvgIpc) is 3.38. The quantitative estimate of drug-likeness (QED) is 0.740. The summed E-state index contributed by atoms with van der Waals surface area (Å²) in [4.78, 5) is 18.7. The number of rotatable bonds is 4. The number of urea groups is 1. The van der Waals surface area contributed by atoms with Crippen LogP contribution in [0.5, 0.6) is 0 Å². The number of para-hydroxylation sites is 1. The lowest BCUT2D eigenvalue weighted by Gasteiger charge is -2.33. The summed E-state index contributed by atoms with van der Waals surface area (Å²) in [7, 11) is 0. The number of hydrogen-bond donors (Lipinski definition) is 2. The van der Waals surface area contributed by atoms with Gasteiger partial charge in [0.1, 0.15) is 12.4 Å². The highest BCUT2D eigenvalue weighted by Gasteiger charge is 2.26. The predicted molar refractivity (Wildman–Crippen MR) is 101 cm³/mol. The first-order valence-corrected chi connectivity index (χ1v) is 9.08. The molecule has 2 amide bonds. The van der Waals surface area contributed by atoms with Crippen molar-refractivity contribution < 1.29 is 14.3 Å². The number of aromatic nitrogens is 2. The van der Waals surface area contributed by atoms with Crippen LogP contribution >= 0.6 is 0 Å². The van der Waals surface area contributed by atoms with Crippen LogP contribution in [0.25, 0.3) is 11.6 Å². The Labute approximate surface area is 157 Å². The van der Waals surface area contributed by atoms with Crippen molar-refractivity contribution in [2.75, 3.05) is 18.4 Å². The molecule has 0 saturated carbocycles. The van der Waals surface area contributed by atoms with E-state index in [1.54, 1.807) is 12.3 Å². The second-order valence-electron chi connectivity index (χ2n) is 6.60. The lowest BCUT2D eigenvalue weighted by atomic mass is 10.0. The molecule has 2 N–H and O–H groups in total. The van der Waals surface area contributed by atoms with Gasteiger partial charge in [-0.1, -0.05) is 18.2 Å². The monoisotopic (exact) mass is 366 g/mol. The van der Waals surface area contributed by atoms with Crippen LogP contribution < -0.4 is 5.32 Å². The summed E-state index contributed by atoms with van der Waals surface area (Å²) >= 11 is 0. The highest BCUT2D eigenvalue weighted by atomic mass is 16.4. The minimum atomic E-state index is -0.129. The molecule has 1 aliphatic heterocycles. The number of benzene rings is 1. The van der Waals surface area contributed by atoms with E-state index in [2.05, 4.69) is 14.9 Å². The van der Waals surface area contributed by atoms with Crippen molar-refractivity contribution in [2.45, 2.75) is 25.5 Å². The molecule has 0 radical (unpaired) electrons. The summed E-state index contributed by atoms with van der Waals surface area (Å²) < 4.78 is 7.73. The van der Waals surface area contributed by atoms with Gasteiger partial charge in [-0.3, -0.25) is 0 Å². The lowest BCUT2D eigenvalue weighted by molar-refractivity contribution is 0.184. The number of hydrogen-bond acceptors (Lipinski definition) is 4. The molecular weight excluding hydrogens is 344 g/mol. The smallest absolute Gasteiger partial charge is 0.321 e. The average molecular weight is 366 g/mol. The molecule has 140 valence electrons. The number of piperidine rings is 1.